The van der Waals surface area contributed by atoms with Gasteiger partial charge in [-0.3, -0.25) is 4.90 Å². The second-order valence-electron chi connectivity index (χ2n) is 5.31. The van der Waals surface area contributed by atoms with Gasteiger partial charge in [0.25, 0.3) is 0 Å². The van der Waals surface area contributed by atoms with Crippen LogP contribution in [0.2, 0.25) is 0 Å². The first-order valence-electron chi connectivity index (χ1n) is 6.70. The molecule has 1 aliphatic rings. The average Bonchev–Trinajstić information content (AvgIpc) is 2.71. The van der Waals surface area contributed by atoms with Crippen molar-refractivity contribution in [3.05, 3.63) is 21.9 Å². The third-order valence-electron chi connectivity index (χ3n) is 3.84. The predicted octanol–water partition coefficient (Wildman–Crippen LogP) is 3.27. The molecule has 2 nitrogen and oxygen atoms in total. The van der Waals surface area contributed by atoms with Crippen LogP contribution in [0.5, 0.6) is 0 Å². The largest absolute Gasteiger partial charge is 0.326 e. The van der Waals surface area contributed by atoms with Crippen LogP contribution in [-0.4, -0.2) is 34.5 Å². The second-order valence-corrected chi connectivity index (χ2v) is 8.11. The maximum atomic E-state index is 6.27. The molecule has 4 atom stereocenters. The average molecular weight is 284 g/mol. The van der Waals surface area contributed by atoms with Gasteiger partial charge in [-0.1, -0.05) is 6.92 Å². The van der Waals surface area contributed by atoms with Gasteiger partial charge < -0.3 is 5.73 Å². The molecule has 0 spiro atoms. The highest BCUT2D eigenvalue weighted by molar-refractivity contribution is 8.00. The summed E-state index contributed by atoms with van der Waals surface area (Å²) in [6, 6.07) is 5.63. The quantitative estimate of drug-likeness (QED) is 0.923. The van der Waals surface area contributed by atoms with Crippen molar-refractivity contribution in [1.29, 1.82) is 0 Å². The Kier molecular flexibility index (Phi) is 4.75. The van der Waals surface area contributed by atoms with E-state index in [9.17, 15) is 0 Å². The highest BCUT2D eigenvalue weighted by Crippen LogP contribution is 2.35. The van der Waals surface area contributed by atoms with Crippen molar-refractivity contribution in [3.63, 3.8) is 0 Å². The van der Waals surface area contributed by atoms with Gasteiger partial charge in [0.05, 0.1) is 6.04 Å². The van der Waals surface area contributed by atoms with Gasteiger partial charge in [-0.25, -0.2) is 0 Å². The molecule has 102 valence electrons. The number of thioether (sulfide) groups is 1. The number of aryl methyl sites for hydroxylation is 1. The van der Waals surface area contributed by atoms with E-state index < -0.39 is 0 Å². The molecule has 4 heteroatoms. The van der Waals surface area contributed by atoms with E-state index in [-0.39, 0.29) is 6.04 Å². The van der Waals surface area contributed by atoms with Gasteiger partial charge in [0.2, 0.25) is 0 Å². The standard InChI is InChI=1S/C14H24N2S2/c1-9-5-6-13(18-9)14(10(2)15)16-7-8-17-12(4)11(16)3/h5-6,10-12,14H,7-8,15H2,1-4H3. The SMILES string of the molecule is Cc1ccc(C(C(C)N)N2CCSC(C)C2C)s1. The summed E-state index contributed by atoms with van der Waals surface area (Å²) in [6.07, 6.45) is 0. The summed E-state index contributed by atoms with van der Waals surface area (Å²) in [5.74, 6) is 1.22. The minimum absolute atomic E-state index is 0.181. The number of hydrogen-bond acceptors (Lipinski definition) is 4. The lowest BCUT2D eigenvalue weighted by Crippen LogP contribution is -2.50. The van der Waals surface area contributed by atoms with E-state index in [4.69, 9.17) is 5.73 Å². The number of nitrogens with zero attached hydrogens (tertiary/aromatic N) is 1. The Morgan fingerprint density at radius 2 is 2.11 bits per heavy atom. The fraction of sp³-hybridized carbons (Fsp3) is 0.714. The van der Waals surface area contributed by atoms with E-state index in [1.165, 1.54) is 15.5 Å². The van der Waals surface area contributed by atoms with Gasteiger partial charge in [-0.15, -0.1) is 11.3 Å². The van der Waals surface area contributed by atoms with Crippen molar-refractivity contribution in [2.45, 2.75) is 51.1 Å². The molecule has 4 unspecified atom stereocenters. The summed E-state index contributed by atoms with van der Waals surface area (Å²) in [6.45, 7) is 10.1. The van der Waals surface area contributed by atoms with Crippen LogP contribution in [0.15, 0.2) is 12.1 Å². The summed E-state index contributed by atoms with van der Waals surface area (Å²) in [5, 5.41) is 0.695. The van der Waals surface area contributed by atoms with E-state index in [0.29, 0.717) is 17.3 Å². The Hall–Kier alpha value is -0.0300. The van der Waals surface area contributed by atoms with Crippen molar-refractivity contribution in [2.75, 3.05) is 12.3 Å². The first-order chi connectivity index (χ1) is 8.50. The fourth-order valence-electron chi connectivity index (χ4n) is 2.69. The molecule has 1 fully saturated rings. The topological polar surface area (TPSA) is 29.3 Å². The van der Waals surface area contributed by atoms with Gasteiger partial charge in [-0.05, 0) is 32.9 Å². The van der Waals surface area contributed by atoms with Crippen molar-refractivity contribution in [3.8, 4) is 0 Å². The van der Waals surface area contributed by atoms with E-state index in [2.05, 4.69) is 56.5 Å². The number of nitrogens with two attached hydrogens (primary N) is 1. The molecule has 1 aromatic heterocycles. The summed E-state index contributed by atoms with van der Waals surface area (Å²) in [4.78, 5) is 5.41. The number of thiophene rings is 1. The first kappa shape index (κ1) is 14.4. The first-order valence-corrected chi connectivity index (χ1v) is 8.56. The zero-order valence-electron chi connectivity index (χ0n) is 11.7. The van der Waals surface area contributed by atoms with Crippen molar-refractivity contribution < 1.29 is 0 Å². The molecule has 2 rings (SSSR count). The second kappa shape index (κ2) is 5.95. The third kappa shape index (κ3) is 2.93. The summed E-state index contributed by atoms with van der Waals surface area (Å²) in [5.41, 5.74) is 6.27. The third-order valence-corrected chi connectivity index (χ3v) is 6.25. The van der Waals surface area contributed by atoms with Crippen LogP contribution >= 0.6 is 23.1 Å². The van der Waals surface area contributed by atoms with Crippen LogP contribution in [-0.2, 0) is 0 Å². The fourth-order valence-corrected chi connectivity index (χ4v) is 4.92. The minimum Gasteiger partial charge on any atom is -0.326 e. The van der Waals surface area contributed by atoms with Gasteiger partial charge in [-0.2, -0.15) is 11.8 Å². The van der Waals surface area contributed by atoms with Crippen LogP contribution in [0, 0.1) is 6.92 Å². The maximum Gasteiger partial charge on any atom is 0.0593 e. The van der Waals surface area contributed by atoms with Crippen LogP contribution in [0.3, 0.4) is 0 Å². The molecule has 0 aliphatic carbocycles. The van der Waals surface area contributed by atoms with Crippen molar-refractivity contribution in [1.82, 2.24) is 4.90 Å². The smallest absolute Gasteiger partial charge is 0.0593 e. The number of rotatable bonds is 3. The Morgan fingerprint density at radius 1 is 1.39 bits per heavy atom. The van der Waals surface area contributed by atoms with Gasteiger partial charge in [0, 0.05) is 39.4 Å². The lowest BCUT2D eigenvalue weighted by molar-refractivity contribution is 0.132. The van der Waals surface area contributed by atoms with E-state index >= 15 is 0 Å². The van der Waals surface area contributed by atoms with Gasteiger partial charge in [0.15, 0.2) is 0 Å². The normalized spacial score (nSPS) is 29.2. The Morgan fingerprint density at radius 3 is 2.67 bits per heavy atom. The molecule has 2 heterocycles. The molecule has 0 radical (unpaired) electrons. The molecule has 0 bridgehead atoms. The zero-order valence-corrected chi connectivity index (χ0v) is 13.4. The van der Waals surface area contributed by atoms with Crippen molar-refractivity contribution >= 4 is 23.1 Å². The van der Waals surface area contributed by atoms with E-state index in [1.807, 2.05) is 11.3 Å². The van der Waals surface area contributed by atoms with Crippen LogP contribution < -0.4 is 5.73 Å². The number of hydrogen-bond donors (Lipinski definition) is 1. The van der Waals surface area contributed by atoms with Crippen LogP contribution in [0.25, 0.3) is 0 Å². The highest BCUT2D eigenvalue weighted by Gasteiger charge is 2.33. The Bertz CT molecular complexity index is 389. The van der Waals surface area contributed by atoms with Crippen LogP contribution in [0.4, 0.5) is 0 Å². The summed E-state index contributed by atoms with van der Waals surface area (Å²) in [7, 11) is 0. The van der Waals surface area contributed by atoms with Gasteiger partial charge >= 0.3 is 0 Å². The lowest BCUT2D eigenvalue weighted by atomic mass is 10.0. The van der Waals surface area contributed by atoms with E-state index in [1.54, 1.807) is 0 Å². The lowest BCUT2D eigenvalue weighted by Gasteiger charge is -2.43. The molecule has 0 saturated carbocycles. The molecule has 1 aliphatic heterocycles. The molecule has 1 saturated heterocycles. The monoisotopic (exact) mass is 284 g/mol. The van der Waals surface area contributed by atoms with Gasteiger partial charge in [0.1, 0.15) is 0 Å². The predicted molar refractivity (Wildman–Crippen MR) is 83.5 cm³/mol. The van der Waals surface area contributed by atoms with Crippen molar-refractivity contribution in [2.24, 2.45) is 5.73 Å². The molecule has 0 aromatic carbocycles. The Balaban J connectivity index is 2.24. The summed E-state index contributed by atoms with van der Waals surface area (Å²) >= 11 is 3.97. The highest BCUT2D eigenvalue weighted by atomic mass is 32.2. The molecule has 1 aromatic rings. The maximum absolute atomic E-state index is 6.27. The molecular formula is C14H24N2S2. The van der Waals surface area contributed by atoms with Crippen LogP contribution in [0.1, 0.15) is 36.6 Å². The molecule has 18 heavy (non-hydrogen) atoms. The molecule has 2 N–H and O–H groups in total. The molecule has 0 amide bonds. The zero-order chi connectivity index (χ0) is 13.3. The Labute approximate surface area is 119 Å². The molecular weight excluding hydrogens is 260 g/mol. The minimum atomic E-state index is 0.181. The van der Waals surface area contributed by atoms with E-state index in [0.717, 1.165) is 6.54 Å². The summed E-state index contributed by atoms with van der Waals surface area (Å²) < 4.78 is 0.